The lowest BCUT2D eigenvalue weighted by Gasteiger charge is -2.15. The average Bonchev–Trinajstić information content (AvgIpc) is 2.69. The van der Waals surface area contributed by atoms with E-state index in [1.54, 1.807) is 12.1 Å². The predicted molar refractivity (Wildman–Crippen MR) is 96.8 cm³/mol. The zero-order valence-corrected chi connectivity index (χ0v) is 14.3. The fourth-order valence-electron chi connectivity index (χ4n) is 2.91. The summed E-state index contributed by atoms with van der Waals surface area (Å²) in [6.07, 6.45) is 1.36. The van der Waals surface area contributed by atoms with Gasteiger partial charge in [-0.05, 0) is 28.6 Å². The minimum absolute atomic E-state index is 0.308. The number of methoxy groups -OCH3 is 2. The van der Waals surface area contributed by atoms with E-state index in [1.807, 2.05) is 36.4 Å². The second-order valence-electron chi connectivity index (χ2n) is 5.68. The van der Waals surface area contributed by atoms with Crippen molar-refractivity contribution in [1.29, 1.82) is 0 Å². The van der Waals surface area contributed by atoms with Crippen LogP contribution in [0.2, 0.25) is 0 Å². The van der Waals surface area contributed by atoms with Gasteiger partial charge in [-0.25, -0.2) is 0 Å². The van der Waals surface area contributed by atoms with Crippen molar-refractivity contribution in [3.05, 3.63) is 70.6 Å². The van der Waals surface area contributed by atoms with Gasteiger partial charge in [-0.3, -0.25) is 14.4 Å². The van der Waals surface area contributed by atoms with E-state index in [0.717, 1.165) is 11.1 Å². The molecule has 1 N–H and O–H groups in total. The summed E-state index contributed by atoms with van der Waals surface area (Å²) < 4.78 is 9.50. The third-order valence-electron chi connectivity index (χ3n) is 4.23. The number of aromatic nitrogens is 1. The van der Waals surface area contributed by atoms with E-state index >= 15 is 0 Å². The Kier molecular flexibility index (Phi) is 4.84. The number of hydrogen-bond donors (Lipinski definition) is 1. The van der Waals surface area contributed by atoms with Gasteiger partial charge < -0.3 is 14.5 Å². The van der Waals surface area contributed by atoms with Crippen LogP contribution < -0.4 is 5.56 Å². The highest BCUT2D eigenvalue weighted by Crippen LogP contribution is 2.29. The van der Waals surface area contributed by atoms with Crippen molar-refractivity contribution in [1.82, 2.24) is 4.98 Å². The molecule has 0 aliphatic heterocycles. The van der Waals surface area contributed by atoms with Crippen LogP contribution in [0.25, 0.3) is 21.9 Å². The molecule has 132 valence electrons. The van der Waals surface area contributed by atoms with E-state index < -0.39 is 17.9 Å². The molecule has 0 unspecified atom stereocenters. The molecule has 0 aliphatic carbocycles. The zero-order chi connectivity index (χ0) is 18.7. The van der Waals surface area contributed by atoms with Gasteiger partial charge >= 0.3 is 11.9 Å². The highest BCUT2D eigenvalue weighted by Gasteiger charge is 2.32. The fourth-order valence-corrected chi connectivity index (χ4v) is 2.91. The molecule has 0 radical (unpaired) electrons. The average molecular weight is 351 g/mol. The first-order chi connectivity index (χ1) is 12.6. The Balaban J connectivity index is 2.28. The van der Waals surface area contributed by atoms with Crippen LogP contribution in [0.4, 0.5) is 0 Å². The van der Waals surface area contributed by atoms with Crippen LogP contribution in [0.3, 0.4) is 0 Å². The Hall–Kier alpha value is -3.41. The molecule has 6 nitrogen and oxygen atoms in total. The topological polar surface area (TPSA) is 85.5 Å². The second-order valence-corrected chi connectivity index (χ2v) is 5.68. The van der Waals surface area contributed by atoms with Crippen molar-refractivity contribution in [3.63, 3.8) is 0 Å². The molecule has 2 aromatic carbocycles. The van der Waals surface area contributed by atoms with E-state index in [0.29, 0.717) is 16.3 Å². The normalized spacial score (nSPS) is 10.7. The van der Waals surface area contributed by atoms with Gasteiger partial charge in [-0.15, -0.1) is 0 Å². The SMILES string of the molecule is COC(=O)C(C(=O)OC)c1c[nH]c(=O)c2ccc(-c3ccccc3)cc12. The molecular weight excluding hydrogens is 334 g/mol. The molecule has 0 fully saturated rings. The van der Waals surface area contributed by atoms with Gasteiger partial charge in [-0.1, -0.05) is 36.4 Å². The minimum Gasteiger partial charge on any atom is -0.468 e. The lowest BCUT2D eigenvalue weighted by atomic mass is 9.93. The molecule has 0 saturated carbocycles. The van der Waals surface area contributed by atoms with Crippen molar-refractivity contribution in [2.45, 2.75) is 5.92 Å². The van der Waals surface area contributed by atoms with Crippen molar-refractivity contribution in [3.8, 4) is 11.1 Å². The number of esters is 2. The number of H-pyrrole nitrogens is 1. The highest BCUT2D eigenvalue weighted by molar-refractivity contribution is 6.05. The molecule has 3 rings (SSSR count). The zero-order valence-electron chi connectivity index (χ0n) is 14.3. The maximum absolute atomic E-state index is 12.2. The van der Waals surface area contributed by atoms with Crippen LogP contribution in [-0.4, -0.2) is 31.1 Å². The number of benzene rings is 2. The Morgan fingerprint density at radius 2 is 1.54 bits per heavy atom. The van der Waals surface area contributed by atoms with Crippen molar-refractivity contribution in [2.24, 2.45) is 0 Å². The Labute approximate surface area is 149 Å². The number of aromatic amines is 1. The van der Waals surface area contributed by atoms with Gasteiger partial charge in [0.1, 0.15) is 0 Å². The van der Waals surface area contributed by atoms with E-state index in [4.69, 9.17) is 9.47 Å². The van der Waals surface area contributed by atoms with Gasteiger partial charge in [0.25, 0.3) is 5.56 Å². The summed E-state index contributed by atoms with van der Waals surface area (Å²) in [5.74, 6) is -2.79. The summed E-state index contributed by atoms with van der Waals surface area (Å²) in [5.41, 5.74) is 1.83. The largest absolute Gasteiger partial charge is 0.468 e. The maximum Gasteiger partial charge on any atom is 0.324 e. The summed E-state index contributed by atoms with van der Waals surface area (Å²) in [6.45, 7) is 0. The van der Waals surface area contributed by atoms with Gasteiger partial charge in [0.15, 0.2) is 5.92 Å². The quantitative estimate of drug-likeness (QED) is 0.577. The summed E-state index contributed by atoms with van der Waals surface area (Å²) in [6, 6.07) is 14.9. The summed E-state index contributed by atoms with van der Waals surface area (Å²) in [7, 11) is 2.39. The van der Waals surface area contributed by atoms with E-state index in [2.05, 4.69) is 4.98 Å². The van der Waals surface area contributed by atoms with Crippen molar-refractivity contribution < 1.29 is 19.1 Å². The van der Waals surface area contributed by atoms with Crippen LogP contribution in [-0.2, 0) is 19.1 Å². The number of ether oxygens (including phenoxy) is 2. The first-order valence-electron chi connectivity index (χ1n) is 7.93. The van der Waals surface area contributed by atoms with Crippen molar-refractivity contribution in [2.75, 3.05) is 14.2 Å². The van der Waals surface area contributed by atoms with Crippen LogP contribution in [0.15, 0.2) is 59.5 Å². The smallest absolute Gasteiger partial charge is 0.324 e. The fraction of sp³-hybridized carbons (Fsp3) is 0.150. The highest BCUT2D eigenvalue weighted by atomic mass is 16.5. The van der Waals surface area contributed by atoms with Gasteiger partial charge in [-0.2, -0.15) is 0 Å². The lowest BCUT2D eigenvalue weighted by molar-refractivity contribution is -0.154. The molecule has 6 heteroatoms. The molecule has 0 saturated heterocycles. The number of rotatable bonds is 4. The first kappa shape index (κ1) is 17.4. The number of nitrogens with one attached hydrogen (secondary N) is 1. The van der Waals surface area contributed by atoms with Crippen LogP contribution in [0, 0.1) is 0 Å². The minimum atomic E-state index is -1.28. The number of hydrogen-bond acceptors (Lipinski definition) is 5. The first-order valence-corrected chi connectivity index (χ1v) is 7.93. The molecule has 26 heavy (non-hydrogen) atoms. The third-order valence-corrected chi connectivity index (χ3v) is 4.23. The molecule has 0 amide bonds. The number of carbonyl (C=O) groups is 2. The molecule has 1 aromatic heterocycles. The number of carbonyl (C=O) groups excluding carboxylic acids is 2. The second kappa shape index (κ2) is 7.23. The van der Waals surface area contributed by atoms with Crippen molar-refractivity contribution >= 4 is 22.7 Å². The van der Waals surface area contributed by atoms with Gasteiger partial charge in [0.2, 0.25) is 0 Å². The molecular formula is C20H17NO5. The Bertz CT molecular complexity index is 1010. The lowest BCUT2D eigenvalue weighted by Crippen LogP contribution is -2.25. The Morgan fingerprint density at radius 3 is 2.15 bits per heavy atom. The van der Waals surface area contributed by atoms with Gasteiger partial charge in [0.05, 0.1) is 14.2 Å². The summed E-state index contributed by atoms with van der Waals surface area (Å²) in [5, 5.41) is 0.871. The predicted octanol–water partition coefficient (Wildman–Crippen LogP) is 2.62. The monoisotopic (exact) mass is 351 g/mol. The number of pyridine rings is 1. The molecule has 0 aliphatic rings. The van der Waals surface area contributed by atoms with Gasteiger partial charge in [0, 0.05) is 17.1 Å². The van der Waals surface area contributed by atoms with E-state index in [-0.39, 0.29) is 5.56 Å². The summed E-state index contributed by atoms with van der Waals surface area (Å²) >= 11 is 0. The molecule has 3 aromatic rings. The maximum atomic E-state index is 12.2. The van der Waals surface area contributed by atoms with E-state index in [1.165, 1.54) is 20.4 Å². The molecule has 1 heterocycles. The van der Waals surface area contributed by atoms with Crippen LogP contribution >= 0.6 is 0 Å². The van der Waals surface area contributed by atoms with E-state index in [9.17, 15) is 14.4 Å². The third kappa shape index (κ3) is 3.09. The van der Waals surface area contributed by atoms with Crippen LogP contribution in [0.5, 0.6) is 0 Å². The molecule has 0 spiro atoms. The van der Waals surface area contributed by atoms with Crippen LogP contribution in [0.1, 0.15) is 11.5 Å². The standard InChI is InChI=1S/C20H17NO5/c1-25-19(23)17(20(24)26-2)16-11-21-18(22)14-9-8-13(10-15(14)16)12-6-4-3-5-7-12/h3-11,17H,1-2H3,(H,21,22). The molecule has 0 atom stereocenters. The number of fused-ring (bicyclic) bond motifs is 1. The molecule has 0 bridgehead atoms. The summed E-state index contributed by atoms with van der Waals surface area (Å²) in [4.78, 5) is 39.1. The Morgan fingerprint density at radius 1 is 0.885 bits per heavy atom.